The lowest BCUT2D eigenvalue weighted by Crippen LogP contribution is -2.42. The van der Waals surface area contributed by atoms with Gasteiger partial charge < -0.3 is 25.2 Å². The van der Waals surface area contributed by atoms with Crippen LogP contribution in [0.3, 0.4) is 0 Å². The summed E-state index contributed by atoms with van der Waals surface area (Å²) in [5.74, 6) is 2.20. The second kappa shape index (κ2) is 11.1. The molecule has 41 heavy (non-hydrogen) atoms. The highest BCUT2D eigenvalue weighted by Crippen LogP contribution is 2.30. The third kappa shape index (κ3) is 5.31. The smallest absolute Gasteiger partial charge is 0.407 e. The van der Waals surface area contributed by atoms with Crippen molar-refractivity contribution in [1.29, 1.82) is 0 Å². The zero-order valence-corrected chi connectivity index (χ0v) is 22.2. The summed E-state index contributed by atoms with van der Waals surface area (Å²) >= 11 is 0. The number of hydrogen-bond donors (Lipinski definition) is 2. The molecule has 1 amide bonds. The van der Waals surface area contributed by atoms with Crippen molar-refractivity contribution in [3.8, 4) is 22.9 Å². The fourth-order valence-electron chi connectivity index (χ4n) is 5.27. The number of pyridine rings is 1. The van der Waals surface area contributed by atoms with Gasteiger partial charge in [-0.25, -0.2) is 14.6 Å². The van der Waals surface area contributed by atoms with Crippen LogP contribution in [0.15, 0.2) is 95.9 Å². The minimum atomic E-state index is -0.988. The number of nitrogens with zero attached hydrogens (tertiary/aromatic N) is 4. The van der Waals surface area contributed by atoms with E-state index in [0.717, 1.165) is 11.3 Å². The molecule has 3 heterocycles. The highest BCUT2D eigenvalue weighted by Gasteiger charge is 2.29. The van der Waals surface area contributed by atoms with Crippen LogP contribution in [0.2, 0.25) is 0 Å². The molecule has 2 aromatic heterocycles. The molecular weight excluding hydrogens is 522 g/mol. The van der Waals surface area contributed by atoms with Gasteiger partial charge >= 0.3 is 11.8 Å². The van der Waals surface area contributed by atoms with E-state index in [9.17, 15) is 14.7 Å². The fraction of sp³-hybridized carbons (Fsp3) is 0.194. The Morgan fingerprint density at radius 2 is 1.63 bits per heavy atom. The first-order valence-electron chi connectivity index (χ1n) is 13.4. The minimum Gasteiger partial charge on any atom is -0.489 e. The lowest BCUT2D eigenvalue weighted by Gasteiger charge is -2.31. The number of anilines is 1. The van der Waals surface area contributed by atoms with Gasteiger partial charge in [0.25, 0.3) is 0 Å². The molecule has 0 unspecified atom stereocenters. The van der Waals surface area contributed by atoms with Crippen molar-refractivity contribution in [2.45, 2.75) is 25.5 Å². The molecule has 1 atom stereocenters. The Morgan fingerprint density at radius 1 is 0.951 bits per heavy atom. The molecule has 1 aliphatic rings. The topological polar surface area (TPSA) is 125 Å². The van der Waals surface area contributed by atoms with Crippen molar-refractivity contribution in [1.82, 2.24) is 19.0 Å². The van der Waals surface area contributed by atoms with Crippen molar-refractivity contribution in [3.63, 3.8) is 0 Å². The Balaban J connectivity index is 1.23. The molecule has 0 aliphatic carbocycles. The Kier molecular flexibility index (Phi) is 7.03. The Hall–Kier alpha value is -5.25. The SMILES string of the molecule is Nc1nccc2c1n(-c1ccc(Oc3ccc(OCc4ccccc4)cc3)cc1)c(=O)n2[C@@H]1CCCN(C(=O)O)C1. The van der Waals surface area contributed by atoms with Crippen LogP contribution in [0.1, 0.15) is 24.4 Å². The number of carboxylic acid groups (broad SMARTS) is 1. The average molecular weight is 552 g/mol. The normalized spacial score (nSPS) is 15.1. The summed E-state index contributed by atoms with van der Waals surface area (Å²) < 4.78 is 15.0. The fourth-order valence-corrected chi connectivity index (χ4v) is 5.27. The van der Waals surface area contributed by atoms with Crippen molar-refractivity contribution >= 4 is 22.9 Å². The van der Waals surface area contributed by atoms with Gasteiger partial charge in [-0.2, -0.15) is 0 Å². The van der Waals surface area contributed by atoms with Gasteiger partial charge in [-0.3, -0.25) is 9.13 Å². The largest absolute Gasteiger partial charge is 0.489 e. The number of amides is 1. The number of imidazole rings is 1. The maximum Gasteiger partial charge on any atom is 0.407 e. The van der Waals surface area contributed by atoms with Gasteiger partial charge in [-0.05, 0) is 73.0 Å². The first-order valence-corrected chi connectivity index (χ1v) is 13.4. The average Bonchev–Trinajstić information content (AvgIpc) is 3.30. The number of likely N-dealkylation sites (tertiary alicyclic amines) is 1. The van der Waals surface area contributed by atoms with E-state index in [-0.39, 0.29) is 24.1 Å². The monoisotopic (exact) mass is 551 g/mol. The van der Waals surface area contributed by atoms with Gasteiger partial charge in [0.1, 0.15) is 35.2 Å². The van der Waals surface area contributed by atoms with E-state index in [2.05, 4.69) is 4.98 Å². The van der Waals surface area contributed by atoms with Crippen LogP contribution in [0.5, 0.6) is 17.2 Å². The summed E-state index contributed by atoms with van der Waals surface area (Å²) in [7, 11) is 0. The molecule has 3 N–H and O–H groups in total. The number of carbonyl (C=O) groups is 1. The van der Waals surface area contributed by atoms with E-state index in [1.54, 1.807) is 41.1 Å². The van der Waals surface area contributed by atoms with Gasteiger partial charge in [0.05, 0.1) is 17.2 Å². The predicted octanol–water partition coefficient (Wildman–Crippen LogP) is 5.46. The van der Waals surface area contributed by atoms with Crippen LogP contribution in [-0.2, 0) is 6.61 Å². The van der Waals surface area contributed by atoms with Gasteiger partial charge in [0.2, 0.25) is 0 Å². The number of nitrogen functional groups attached to an aromatic ring is 1. The number of benzene rings is 3. The van der Waals surface area contributed by atoms with Crippen molar-refractivity contribution in [3.05, 3.63) is 107 Å². The molecule has 208 valence electrons. The zero-order chi connectivity index (χ0) is 28.3. The number of rotatable bonds is 7. The first kappa shape index (κ1) is 26.0. The van der Waals surface area contributed by atoms with Crippen molar-refractivity contribution < 1.29 is 19.4 Å². The summed E-state index contributed by atoms with van der Waals surface area (Å²) in [6.07, 6.45) is 1.93. The van der Waals surface area contributed by atoms with E-state index in [1.807, 2.05) is 54.6 Å². The Morgan fingerprint density at radius 3 is 2.34 bits per heavy atom. The number of aromatic nitrogens is 3. The van der Waals surface area contributed by atoms with Crippen LogP contribution in [-0.4, -0.2) is 43.3 Å². The molecule has 0 bridgehead atoms. The van der Waals surface area contributed by atoms with Crippen LogP contribution in [0, 0.1) is 0 Å². The molecule has 5 aromatic rings. The molecular formula is C31H29N5O5. The maximum atomic E-state index is 13.8. The lowest BCUT2D eigenvalue weighted by molar-refractivity contribution is 0.121. The van der Waals surface area contributed by atoms with Crippen LogP contribution >= 0.6 is 0 Å². The lowest BCUT2D eigenvalue weighted by atomic mass is 10.1. The zero-order valence-electron chi connectivity index (χ0n) is 22.2. The molecule has 10 heteroatoms. The summed E-state index contributed by atoms with van der Waals surface area (Å²) in [5.41, 5.74) is 8.76. The summed E-state index contributed by atoms with van der Waals surface area (Å²) in [6, 6.07) is 25.9. The van der Waals surface area contributed by atoms with Gasteiger partial charge in [-0.15, -0.1) is 0 Å². The van der Waals surface area contributed by atoms with Crippen LogP contribution in [0.25, 0.3) is 16.7 Å². The number of nitrogens with two attached hydrogens (primary N) is 1. The number of ether oxygens (including phenoxy) is 2. The minimum absolute atomic E-state index is 0.221. The van der Waals surface area contributed by atoms with Gasteiger partial charge in [-0.1, -0.05) is 30.3 Å². The van der Waals surface area contributed by atoms with E-state index in [4.69, 9.17) is 15.2 Å². The van der Waals surface area contributed by atoms with E-state index in [0.29, 0.717) is 54.2 Å². The second-order valence-corrected chi connectivity index (χ2v) is 9.92. The van der Waals surface area contributed by atoms with Gasteiger partial charge in [0, 0.05) is 19.3 Å². The van der Waals surface area contributed by atoms with Crippen LogP contribution in [0.4, 0.5) is 10.6 Å². The van der Waals surface area contributed by atoms with E-state index < -0.39 is 6.09 Å². The second-order valence-electron chi connectivity index (χ2n) is 9.92. The Labute approximate surface area is 235 Å². The molecule has 10 nitrogen and oxygen atoms in total. The van der Waals surface area contributed by atoms with E-state index >= 15 is 0 Å². The molecule has 0 radical (unpaired) electrons. The van der Waals surface area contributed by atoms with E-state index in [1.165, 1.54) is 9.47 Å². The number of piperidine rings is 1. The van der Waals surface area contributed by atoms with Crippen molar-refractivity contribution in [2.75, 3.05) is 18.8 Å². The summed E-state index contributed by atoms with van der Waals surface area (Å²) in [5, 5.41) is 9.51. The standard InChI is InChI=1S/C31H29N5O5/c32-29-28-27(16-17-33-29)35(23-7-4-18-34(19-23)31(38)39)30(37)36(28)22-8-10-25(11-9-22)41-26-14-12-24(13-15-26)40-20-21-5-2-1-3-6-21/h1-3,5-6,8-17,23H,4,7,18-20H2,(H2,32,33)(H,38,39)/t23-/m1/s1. The van der Waals surface area contributed by atoms with Crippen LogP contribution < -0.4 is 20.9 Å². The molecule has 1 fully saturated rings. The quantitative estimate of drug-likeness (QED) is 0.275. The third-order valence-corrected chi connectivity index (χ3v) is 7.25. The summed E-state index contributed by atoms with van der Waals surface area (Å²) in [6.45, 7) is 1.17. The molecule has 1 saturated heterocycles. The first-order chi connectivity index (χ1) is 20.0. The third-order valence-electron chi connectivity index (χ3n) is 7.25. The molecule has 3 aromatic carbocycles. The van der Waals surface area contributed by atoms with Crippen molar-refractivity contribution in [2.24, 2.45) is 0 Å². The molecule has 0 spiro atoms. The summed E-state index contributed by atoms with van der Waals surface area (Å²) in [4.78, 5) is 31.0. The molecule has 1 aliphatic heterocycles. The number of hydrogen-bond acceptors (Lipinski definition) is 6. The molecule has 6 rings (SSSR count). The number of fused-ring (bicyclic) bond motifs is 1. The predicted molar refractivity (Wildman–Crippen MR) is 155 cm³/mol. The highest BCUT2D eigenvalue weighted by molar-refractivity contribution is 5.87. The maximum absolute atomic E-state index is 13.8. The Bertz CT molecular complexity index is 1730. The molecule has 0 saturated carbocycles. The highest BCUT2D eigenvalue weighted by atomic mass is 16.5. The van der Waals surface area contributed by atoms with Gasteiger partial charge in [0.15, 0.2) is 0 Å².